The maximum Gasteiger partial charge on any atom is 0.213 e. The van der Waals surface area contributed by atoms with E-state index in [1.807, 2.05) is 19.2 Å². The monoisotopic (exact) mass is 205 g/mol. The Morgan fingerprint density at radius 1 is 1.40 bits per heavy atom. The highest BCUT2D eigenvalue weighted by atomic mass is 16.5. The van der Waals surface area contributed by atoms with Gasteiger partial charge in [0.1, 0.15) is 5.82 Å². The van der Waals surface area contributed by atoms with Crippen LogP contribution >= 0.6 is 0 Å². The molecular formula is C9H11N5O. The Hall–Kier alpha value is -2.11. The lowest BCUT2D eigenvalue weighted by molar-refractivity contribution is 0.411. The Labute approximate surface area is 86.7 Å². The first-order valence-corrected chi connectivity index (χ1v) is 4.51. The summed E-state index contributed by atoms with van der Waals surface area (Å²) in [6.07, 6.45) is 3.03. The molecule has 0 atom stereocenters. The quantitative estimate of drug-likeness (QED) is 0.778. The molecule has 0 radical (unpaired) electrons. The van der Waals surface area contributed by atoms with E-state index in [4.69, 9.17) is 0 Å². The second-order valence-corrected chi connectivity index (χ2v) is 2.88. The van der Waals surface area contributed by atoms with Crippen LogP contribution < -0.4 is 10.6 Å². The molecule has 0 aliphatic carbocycles. The largest absolute Gasteiger partial charge is 0.377 e. The third kappa shape index (κ3) is 2.43. The summed E-state index contributed by atoms with van der Waals surface area (Å²) in [4.78, 5) is 8.00. The molecule has 0 aliphatic rings. The van der Waals surface area contributed by atoms with Crippen molar-refractivity contribution < 1.29 is 4.52 Å². The standard InChI is InChI=1S/C9H11N5O/c1-10-8-4-7(2-3-11-8)12-5-9-13-6-15-14-9/h2-4,6H,5H2,1H3,(H2,10,11,12). The van der Waals surface area contributed by atoms with Gasteiger partial charge in [-0.1, -0.05) is 5.16 Å². The molecule has 0 saturated heterocycles. The van der Waals surface area contributed by atoms with Crippen molar-refractivity contribution in [3.05, 3.63) is 30.5 Å². The summed E-state index contributed by atoms with van der Waals surface area (Å²) < 4.78 is 4.62. The number of hydrogen-bond donors (Lipinski definition) is 2. The molecule has 0 bridgehead atoms. The SMILES string of the molecule is CNc1cc(NCc2ncon2)ccn1. The molecule has 0 aliphatic heterocycles. The first kappa shape index (κ1) is 9.45. The number of pyridine rings is 1. The molecule has 0 saturated carbocycles. The van der Waals surface area contributed by atoms with Gasteiger partial charge in [0.25, 0.3) is 0 Å². The van der Waals surface area contributed by atoms with Crippen LogP contribution in [0.2, 0.25) is 0 Å². The number of nitrogens with zero attached hydrogens (tertiary/aromatic N) is 3. The topological polar surface area (TPSA) is 75.9 Å². The van der Waals surface area contributed by atoms with Gasteiger partial charge in [0.05, 0.1) is 6.54 Å². The molecule has 2 heterocycles. The third-order valence-corrected chi connectivity index (χ3v) is 1.87. The van der Waals surface area contributed by atoms with Gasteiger partial charge in [0.2, 0.25) is 6.39 Å². The first-order chi connectivity index (χ1) is 7.38. The minimum absolute atomic E-state index is 0.531. The third-order valence-electron chi connectivity index (χ3n) is 1.87. The Balaban J connectivity index is 1.98. The molecule has 2 rings (SSSR count). The predicted octanol–water partition coefficient (Wildman–Crippen LogP) is 1.12. The Bertz CT molecular complexity index is 414. The van der Waals surface area contributed by atoms with E-state index in [0.717, 1.165) is 11.5 Å². The van der Waals surface area contributed by atoms with Gasteiger partial charge in [-0.25, -0.2) is 4.98 Å². The van der Waals surface area contributed by atoms with Gasteiger partial charge in [-0.3, -0.25) is 0 Å². The van der Waals surface area contributed by atoms with E-state index in [2.05, 4.69) is 30.3 Å². The molecule has 2 aromatic heterocycles. The van der Waals surface area contributed by atoms with Gasteiger partial charge in [0.15, 0.2) is 5.82 Å². The number of hydrogen-bond acceptors (Lipinski definition) is 6. The van der Waals surface area contributed by atoms with Crippen LogP contribution in [-0.2, 0) is 6.54 Å². The first-order valence-electron chi connectivity index (χ1n) is 4.51. The van der Waals surface area contributed by atoms with Crippen LogP contribution in [0.3, 0.4) is 0 Å². The number of aromatic nitrogens is 3. The summed E-state index contributed by atoms with van der Waals surface area (Å²) in [7, 11) is 1.82. The van der Waals surface area contributed by atoms with Crippen molar-refractivity contribution in [3.8, 4) is 0 Å². The van der Waals surface area contributed by atoms with Crippen molar-refractivity contribution in [3.63, 3.8) is 0 Å². The average molecular weight is 205 g/mol. The molecule has 78 valence electrons. The van der Waals surface area contributed by atoms with Crippen molar-refractivity contribution in [1.82, 2.24) is 15.1 Å². The van der Waals surface area contributed by atoms with Crippen molar-refractivity contribution >= 4 is 11.5 Å². The molecular weight excluding hydrogens is 194 g/mol. The second kappa shape index (κ2) is 4.41. The smallest absolute Gasteiger partial charge is 0.213 e. The van der Waals surface area contributed by atoms with Crippen LogP contribution in [0.4, 0.5) is 11.5 Å². The van der Waals surface area contributed by atoms with Crippen LogP contribution in [0.1, 0.15) is 5.82 Å². The summed E-state index contributed by atoms with van der Waals surface area (Å²) in [6.45, 7) is 0.531. The van der Waals surface area contributed by atoms with Crippen molar-refractivity contribution in [1.29, 1.82) is 0 Å². The Kier molecular flexibility index (Phi) is 2.77. The van der Waals surface area contributed by atoms with Crippen molar-refractivity contribution in [2.45, 2.75) is 6.54 Å². The van der Waals surface area contributed by atoms with E-state index in [-0.39, 0.29) is 0 Å². The fourth-order valence-electron chi connectivity index (χ4n) is 1.13. The predicted molar refractivity (Wildman–Crippen MR) is 55.4 cm³/mol. The van der Waals surface area contributed by atoms with Crippen LogP contribution in [-0.4, -0.2) is 22.2 Å². The molecule has 6 heteroatoms. The summed E-state index contributed by atoms with van der Waals surface area (Å²) >= 11 is 0. The van der Waals surface area contributed by atoms with E-state index in [9.17, 15) is 0 Å². The minimum Gasteiger partial charge on any atom is -0.377 e. The summed E-state index contributed by atoms with van der Waals surface area (Å²) in [5.74, 6) is 1.44. The normalized spacial score (nSPS) is 9.93. The highest BCUT2D eigenvalue weighted by Crippen LogP contribution is 2.11. The van der Waals surface area contributed by atoms with Gasteiger partial charge >= 0.3 is 0 Å². The molecule has 2 aromatic rings. The van der Waals surface area contributed by atoms with Gasteiger partial charge in [-0.2, -0.15) is 4.98 Å². The zero-order valence-corrected chi connectivity index (χ0v) is 8.27. The maximum atomic E-state index is 4.62. The molecule has 0 aromatic carbocycles. The second-order valence-electron chi connectivity index (χ2n) is 2.88. The molecule has 0 fully saturated rings. The maximum absolute atomic E-state index is 4.62. The Morgan fingerprint density at radius 3 is 3.07 bits per heavy atom. The highest BCUT2D eigenvalue weighted by Gasteiger charge is 1.98. The molecule has 15 heavy (non-hydrogen) atoms. The fraction of sp³-hybridized carbons (Fsp3) is 0.222. The van der Waals surface area contributed by atoms with E-state index in [0.29, 0.717) is 12.4 Å². The van der Waals surface area contributed by atoms with Crippen molar-refractivity contribution in [2.24, 2.45) is 0 Å². The Morgan fingerprint density at radius 2 is 2.33 bits per heavy atom. The van der Waals surface area contributed by atoms with Crippen molar-refractivity contribution in [2.75, 3.05) is 17.7 Å². The van der Waals surface area contributed by atoms with Gasteiger partial charge < -0.3 is 15.2 Å². The van der Waals surface area contributed by atoms with Gasteiger partial charge in [-0.05, 0) is 6.07 Å². The van der Waals surface area contributed by atoms with Crippen LogP contribution in [0.25, 0.3) is 0 Å². The lowest BCUT2D eigenvalue weighted by Crippen LogP contribution is -2.02. The lowest BCUT2D eigenvalue weighted by atomic mass is 10.4. The van der Waals surface area contributed by atoms with E-state index in [1.165, 1.54) is 6.39 Å². The lowest BCUT2D eigenvalue weighted by Gasteiger charge is -2.04. The van der Waals surface area contributed by atoms with E-state index >= 15 is 0 Å². The zero-order valence-electron chi connectivity index (χ0n) is 8.27. The van der Waals surface area contributed by atoms with Crippen LogP contribution in [0.15, 0.2) is 29.2 Å². The highest BCUT2D eigenvalue weighted by molar-refractivity contribution is 5.51. The number of anilines is 2. The zero-order chi connectivity index (χ0) is 10.5. The van der Waals surface area contributed by atoms with E-state index in [1.54, 1.807) is 6.20 Å². The molecule has 6 nitrogen and oxygen atoms in total. The van der Waals surface area contributed by atoms with Gasteiger partial charge in [0, 0.05) is 25.0 Å². The number of rotatable bonds is 4. The molecule has 0 unspecified atom stereocenters. The van der Waals surface area contributed by atoms with E-state index < -0.39 is 0 Å². The van der Waals surface area contributed by atoms with Crippen LogP contribution in [0, 0.1) is 0 Å². The number of nitrogens with one attached hydrogen (secondary N) is 2. The van der Waals surface area contributed by atoms with Crippen LogP contribution in [0.5, 0.6) is 0 Å². The molecule has 0 spiro atoms. The summed E-state index contributed by atoms with van der Waals surface area (Å²) in [5.41, 5.74) is 0.958. The average Bonchev–Trinajstić information content (AvgIpc) is 2.79. The molecule has 2 N–H and O–H groups in total. The summed E-state index contributed by atoms with van der Waals surface area (Å²) in [6, 6.07) is 3.78. The summed E-state index contributed by atoms with van der Waals surface area (Å²) in [5, 5.41) is 9.81. The minimum atomic E-state index is 0.531. The van der Waals surface area contributed by atoms with Gasteiger partial charge in [-0.15, -0.1) is 0 Å². The molecule has 0 amide bonds. The fourth-order valence-corrected chi connectivity index (χ4v) is 1.13.